The van der Waals surface area contributed by atoms with Crippen LogP contribution in [0.25, 0.3) is 5.57 Å². The van der Waals surface area contributed by atoms with Gasteiger partial charge in [0.25, 0.3) is 0 Å². The maximum Gasteiger partial charge on any atom is 0.138 e. The van der Waals surface area contributed by atoms with Crippen LogP contribution in [0.4, 0.5) is 0 Å². The molecule has 2 heterocycles. The first kappa shape index (κ1) is 17.1. The SMILES string of the molecule is N#Cc1ccc(C2=CC3CCCC(C2)S3=O)cc1OCc1ccccc1. The summed E-state index contributed by atoms with van der Waals surface area (Å²) in [5.74, 6) is 0.617. The molecule has 1 saturated heterocycles. The van der Waals surface area contributed by atoms with E-state index in [9.17, 15) is 9.47 Å². The lowest BCUT2D eigenvalue weighted by molar-refractivity contribution is 0.305. The summed E-state index contributed by atoms with van der Waals surface area (Å²) in [4.78, 5) is 0. The zero-order valence-corrected chi connectivity index (χ0v) is 15.4. The number of ether oxygens (including phenoxy) is 1. The van der Waals surface area contributed by atoms with E-state index >= 15 is 0 Å². The highest BCUT2D eigenvalue weighted by Gasteiger charge is 2.33. The van der Waals surface area contributed by atoms with E-state index in [-0.39, 0.29) is 10.5 Å². The fourth-order valence-corrected chi connectivity index (χ4v) is 5.72. The van der Waals surface area contributed by atoms with Crippen LogP contribution in [0, 0.1) is 11.3 Å². The van der Waals surface area contributed by atoms with Gasteiger partial charge < -0.3 is 4.74 Å². The quantitative estimate of drug-likeness (QED) is 0.798. The van der Waals surface area contributed by atoms with Crippen molar-refractivity contribution in [3.8, 4) is 11.8 Å². The summed E-state index contributed by atoms with van der Waals surface area (Å²) < 4.78 is 18.4. The molecule has 2 bridgehead atoms. The zero-order valence-electron chi connectivity index (χ0n) is 14.6. The molecule has 3 unspecified atom stereocenters. The highest BCUT2D eigenvalue weighted by atomic mass is 32.2. The fourth-order valence-electron chi connectivity index (χ4n) is 3.78. The molecule has 0 aliphatic carbocycles. The molecule has 132 valence electrons. The lowest BCUT2D eigenvalue weighted by atomic mass is 9.92. The van der Waals surface area contributed by atoms with E-state index in [4.69, 9.17) is 4.74 Å². The second-order valence-corrected chi connectivity index (χ2v) is 8.84. The standard InChI is InChI=1S/C22H21NO2S/c23-14-18-10-9-17(13-22(18)25-15-16-5-2-1-3-6-16)19-11-20-7-4-8-21(12-19)26(20)24/h1-3,5-6,9-11,13,20-21H,4,7-8,12,15H2. The first-order valence-corrected chi connectivity index (χ1v) is 10.3. The van der Waals surface area contributed by atoms with Gasteiger partial charge in [0, 0.05) is 16.0 Å². The van der Waals surface area contributed by atoms with Gasteiger partial charge in [0.1, 0.15) is 18.4 Å². The second kappa shape index (κ2) is 7.47. The third-order valence-electron chi connectivity index (χ3n) is 5.19. The third-order valence-corrected chi connectivity index (χ3v) is 7.21. The van der Waals surface area contributed by atoms with Gasteiger partial charge in [0.15, 0.2) is 0 Å². The van der Waals surface area contributed by atoms with E-state index in [1.165, 1.54) is 12.0 Å². The van der Waals surface area contributed by atoms with Gasteiger partial charge in [-0.15, -0.1) is 0 Å². The number of nitrogens with zero attached hydrogens (tertiary/aromatic N) is 1. The maximum absolute atomic E-state index is 12.4. The molecule has 3 nitrogen and oxygen atoms in total. The second-order valence-electron chi connectivity index (χ2n) is 6.91. The Kier molecular flexibility index (Phi) is 4.90. The average molecular weight is 363 g/mol. The van der Waals surface area contributed by atoms with Crippen LogP contribution >= 0.6 is 0 Å². The first-order valence-electron chi connectivity index (χ1n) is 9.06. The molecule has 0 amide bonds. The van der Waals surface area contributed by atoms with Gasteiger partial charge in [-0.25, -0.2) is 0 Å². The third kappa shape index (κ3) is 3.45. The van der Waals surface area contributed by atoms with Crippen LogP contribution in [0.5, 0.6) is 5.75 Å². The van der Waals surface area contributed by atoms with E-state index < -0.39 is 10.8 Å². The summed E-state index contributed by atoms with van der Waals surface area (Å²) in [5, 5.41) is 9.86. The lowest BCUT2D eigenvalue weighted by Crippen LogP contribution is -2.33. The molecule has 4 rings (SSSR count). The minimum absolute atomic E-state index is 0.182. The Hall–Kier alpha value is -2.38. The molecule has 0 radical (unpaired) electrons. The summed E-state index contributed by atoms with van der Waals surface area (Å²) in [7, 11) is -0.730. The van der Waals surface area contributed by atoms with Crippen molar-refractivity contribution >= 4 is 16.4 Å². The van der Waals surface area contributed by atoms with Crippen LogP contribution in [0.15, 0.2) is 54.6 Å². The van der Waals surface area contributed by atoms with Gasteiger partial charge in [-0.2, -0.15) is 5.26 Å². The van der Waals surface area contributed by atoms with E-state index in [1.807, 2.05) is 48.5 Å². The van der Waals surface area contributed by atoms with Crippen molar-refractivity contribution in [2.24, 2.45) is 0 Å². The lowest BCUT2D eigenvalue weighted by Gasteiger charge is -2.33. The molecule has 0 saturated carbocycles. The number of allylic oxidation sites excluding steroid dienone is 1. The summed E-state index contributed by atoms with van der Waals surface area (Å²) in [6.07, 6.45) is 6.28. The molecule has 2 aliphatic rings. The fraction of sp³-hybridized carbons (Fsp3) is 0.318. The molecule has 3 atom stereocenters. The minimum Gasteiger partial charge on any atom is -0.488 e. The van der Waals surface area contributed by atoms with Crippen LogP contribution in [0.1, 0.15) is 42.4 Å². The van der Waals surface area contributed by atoms with Crippen LogP contribution in [-0.2, 0) is 17.4 Å². The highest BCUT2D eigenvalue weighted by Crippen LogP contribution is 2.38. The van der Waals surface area contributed by atoms with Crippen molar-refractivity contribution in [2.75, 3.05) is 0 Å². The Morgan fingerprint density at radius 3 is 2.77 bits per heavy atom. The molecule has 0 N–H and O–H groups in total. The molecule has 0 aromatic heterocycles. The first-order chi connectivity index (χ1) is 12.7. The largest absolute Gasteiger partial charge is 0.488 e. The van der Waals surface area contributed by atoms with E-state index in [1.54, 1.807) is 0 Å². The monoisotopic (exact) mass is 363 g/mol. The van der Waals surface area contributed by atoms with Gasteiger partial charge in [-0.1, -0.05) is 48.9 Å². The summed E-state index contributed by atoms with van der Waals surface area (Å²) in [5.41, 5.74) is 3.95. The van der Waals surface area contributed by atoms with Gasteiger partial charge in [0.2, 0.25) is 0 Å². The van der Waals surface area contributed by atoms with Crippen molar-refractivity contribution in [3.63, 3.8) is 0 Å². The molecule has 1 fully saturated rings. The minimum atomic E-state index is -0.730. The summed E-state index contributed by atoms with van der Waals surface area (Å²) >= 11 is 0. The van der Waals surface area contributed by atoms with Gasteiger partial charge in [-0.05, 0) is 48.1 Å². The van der Waals surface area contributed by atoms with Crippen molar-refractivity contribution < 1.29 is 8.95 Å². The van der Waals surface area contributed by atoms with Crippen LogP contribution in [0.3, 0.4) is 0 Å². The Bertz CT molecular complexity index is 898. The predicted molar refractivity (Wildman–Crippen MR) is 104 cm³/mol. The number of hydrogen-bond donors (Lipinski definition) is 0. The average Bonchev–Trinajstić information content (AvgIpc) is 2.67. The predicted octanol–water partition coefficient (Wildman–Crippen LogP) is 4.59. The number of fused-ring (bicyclic) bond motifs is 2. The Balaban J connectivity index is 1.60. The van der Waals surface area contributed by atoms with Gasteiger partial charge >= 0.3 is 0 Å². The van der Waals surface area contributed by atoms with Crippen molar-refractivity contribution in [1.29, 1.82) is 5.26 Å². The normalized spacial score (nSPS) is 24.4. The Morgan fingerprint density at radius 1 is 1.15 bits per heavy atom. The van der Waals surface area contributed by atoms with Crippen molar-refractivity contribution in [3.05, 3.63) is 71.3 Å². The molecular weight excluding hydrogens is 342 g/mol. The Morgan fingerprint density at radius 2 is 2.00 bits per heavy atom. The van der Waals surface area contributed by atoms with E-state index in [0.717, 1.165) is 30.4 Å². The zero-order chi connectivity index (χ0) is 17.9. The number of hydrogen-bond acceptors (Lipinski definition) is 3. The number of nitriles is 1. The topological polar surface area (TPSA) is 50.1 Å². The summed E-state index contributed by atoms with van der Waals surface area (Å²) in [6, 6.07) is 18.0. The smallest absolute Gasteiger partial charge is 0.138 e. The van der Waals surface area contributed by atoms with E-state index in [2.05, 4.69) is 12.1 Å². The van der Waals surface area contributed by atoms with Gasteiger partial charge in [0.05, 0.1) is 10.8 Å². The molecule has 2 aromatic carbocycles. The summed E-state index contributed by atoms with van der Waals surface area (Å²) in [6.45, 7) is 0.438. The van der Waals surface area contributed by atoms with Gasteiger partial charge in [-0.3, -0.25) is 4.21 Å². The Labute approximate surface area is 156 Å². The van der Waals surface area contributed by atoms with Crippen LogP contribution in [-0.4, -0.2) is 14.7 Å². The van der Waals surface area contributed by atoms with Crippen LogP contribution in [0.2, 0.25) is 0 Å². The molecule has 4 heteroatoms. The molecular formula is C22H21NO2S. The van der Waals surface area contributed by atoms with Crippen molar-refractivity contribution in [2.45, 2.75) is 42.8 Å². The molecule has 0 spiro atoms. The number of rotatable bonds is 4. The molecule has 26 heavy (non-hydrogen) atoms. The highest BCUT2D eigenvalue weighted by molar-refractivity contribution is 7.86. The van der Waals surface area contributed by atoms with Crippen LogP contribution < -0.4 is 4.74 Å². The molecule has 2 aliphatic heterocycles. The van der Waals surface area contributed by atoms with E-state index in [0.29, 0.717) is 17.9 Å². The van der Waals surface area contributed by atoms with Crippen molar-refractivity contribution in [1.82, 2.24) is 0 Å². The number of benzene rings is 2. The maximum atomic E-state index is 12.4. The molecule has 2 aromatic rings.